The molecule has 1 atom stereocenters. The van der Waals surface area contributed by atoms with Crippen molar-refractivity contribution >= 4 is 33.2 Å². The average Bonchev–Trinajstić information content (AvgIpc) is 2.41. The van der Waals surface area contributed by atoms with Crippen molar-refractivity contribution in [2.75, 3.05) is 5.32 Å². The highest BCUT2D eigenvalue weighted by Gasteiger charge is 2.09. The van der Waals surface area contributed by atoms with Crippen molar-refractivity contribution in [1.29, 1.82) is 0 Å². The molecular weight excluding hydrogens is 322 g/mol. The van der Waals surface area contributed by atoms with E-state index in [0.717, 1.165) is 21.6 Å². The Bertz CT molecular complexity index is 551. The van der Waals surface area contributed by atoms with E-state index in [0.29, 0.717) is 6.04 Å². The van der Waals surface area contributed by atoms with Crippen LogP contribution in [0.4, 0.5) is 5.69 Å². The molecule has 0 aliphatic rings. The standard InChI is InChI=1S/C16H17BrClN/c1-3-16(12-6-4-11(2)5-7-12)19-13-8-9-14(17)15(18)10-13/h4-10,16,19H,3H2,1-2H3. The van der Waals surface area contributed by atoms with Gasteiger partial charge in [0.05, 0.1) is 11.1 Å². The van der Waals surface area contributed by atoms with Gasteiger partial charge >= 0.3 is 0 Å². The molecule has 0 aromatic heterocycles. The highest BCUT2D eigenvalue weighted by molar-refractivity contribution is 9.10. The van der Waals surface area contributed by atoms with E-state index in [1.807, 2.05) is 18.2 Å². The summed E-state index contributed by atoms with van der Waals surface area (Å²) < 4.78 is 0.920. The van der Waals surface area contributed by atoms with Gasteiger partial charge in [-0.15, -0.1) is 0 Å². The molecule has 2 rings (SSSR count). The Kier molecular flexibility index (Phi) is 4.89. The summed E-state index contributed by atoms with van der Waals surface area (Å²) >= 11 is 9.53. The molecule has 0 aliphatic carbocycles. The second-order valence-electron chi connectivity index (χ2n) is 4.64. The van der Waals surface area contributed by atoms with Gasteiger partial charge in [0.25, 0.3) is 0 Å². The Morgan fingerprint density at radius 3 is 2.42 bits per heavy atom. The number of rotatable bonds is 4. The third kappa shape index (κ3) is 3.74. The molecule has 0 bridgehead atoms. The van der Waals surface area contributed by atoms with Crippen LogP contribution in [-0.2, 0) is 0 Å². The molecule has 0 radical (unpaired) electrons. The predicted octanol–water partition coefficient (Wildman–Crippen LogP) is 5.97. The van der Waals surface area contributed by atoms with Gasteiger partial charge in [0, 0.05) is 10.2 Å². The number of aryl methyl sites for hydroxylation is 1. The van der Waals surface area contributed by atoms with E-state index < -0.39 is 0 Å². The highest BCUT2D eigenvalue weighted by atomic mass is 79.9. The van der Waals surface area contributed by atoms with Gasteiger partial charge in [0.2, 0.25) is 0 Å². The monoisotopic (exact) mass is 337 g/mol. The number of hydrogen-bond donors (Lipinski definition) is 1. The van der Waals surface area contributed by atoms with Crippen LogP contribution in [0.5, 0.6) is 0 Å². The molecule has 0 amide bonds. The van der Waals surface area contributed by atoms with Crippen molar-refractivity contribution in [1.82, 2.24) is 0 Å². The van der Waals surface area contributed by atoms with E-state index in [9.17, 15) is 0 Å². The molecule has 0 spiro atoms. The summed E-state index contributed by atoms with van der Waals surface area (Å²) in [5.74, 6) is 0. The van der Waals surface area contributed by atoms with E-state index in [1.165, 1.54) is 11.1 Å². The maximum Gasteiger partial charge on any atom is 0.0568 e. The molecule has 0 saturated heterocycles. The van der Waals surface area contributed by atoms with Crippen LogP contribution in [0.3, 0.4) is 0 Å². The largest absolute Gasteiger partial charge is 0.378 e. The normalized spacial score (nSPS) is 12.2. The van der Waals surface area contributed by atoms with E-state index in [1.54, 1.807) is 0 Å². The first kappa shape index (κ1) is 14.4. The van der Waals surface area contributed by atoms with Crippen molar-refractivity contribution in [3.63, 3.8) is 0 Å². The summed E-state index contributed by atoms with van der Waals surface area (Å²) in [7, 11) is 0. The molecule has 3 heteroatoms. The molecule has 100 valence electrons. The van der Waals surface area contributed by atoms with Crippen molar-refractivity contribution < 1.29 is 0 Å². The van der Waals surface area contributed by atoms with Crippen LogP contribution in [0, 0.1) is 6.92 Å². The van der Waals surface area contributed by atoms with Gasteiger partial charge in [-0.1, -0.05) is 48.4 Å². The fourth-order valence-electron chi connectivity index (χ4n) is 2.01. The van der Waals surface area contributed by atoms with Crippen LogP contribution in [0.15, 0.2) is 46.9 Å². The summed E-state index contributed by atoms with van der Waals surface area (Å²) in [4.78, 5) is 0. The van der Waals surface area contributed by atoms with Crippen LogP contribution in [0.25, 0.3) is 0 Å². The molecule has 2 aromatic carbocycles. The maximum atomic E-state index is 6.12. The Morgan fingerprint density at radius 2 is 1.84 bits per heavy atom. The zero-order chi connectivity index (χ0) is 13.8. The molecule has 0 aliphatic heterocycles. The Morgan fingerprint density at radius 1 is 1.16 bits per heavy atom. The fraction of sp³-hybridized carbons (Fsp3) is 0.250. The van der Waals surface area contributed by atoms with Crippen LogP contribution in [0.2, 0.25) is 5.02 Å². The number of halogens is 2. The van der Waals surface area contributed by atoms with Crippen LogP contribution >= 0.6 is 27.5 Å². The van der Waals surface area contributed by atoms with Gasteiger partial charge in [-0.2, -0.15) is 0 Å². The van der Waals surface area contributed by atoms with Gasteiger partial charge in [-0.3, -0.25) is 0 Å². The van der Waals surface area contributed by atoms with E-state index in [2.05, 4.69) is 59.4 Å². The predicted molar refractivity (Wildman–Crippen MR) is 87.0 cm³/mol. The van der Waals surface area contributed by atoms with Crippen LogP contribution < -0.4 is 5.32 Å². The van der Waals surface area contributed by atoms with E-state index >= 15 is 0 Å². The van der Waals surface area contributed by atoms with Crippen molar-refractivity contribution in [2.45, 2.75) is 26.3 Å². The summed E-state index contributed by atoms with van der Waals surface area (Å²) in [6.45, 7) is 4.28. The number of anilines is 1. The molecule has 0 fully saturated rings. The number of benzene rings is 2. The third-order valence-electron chi connectivity index (χ3n) is 3.15. The molecule has 1 N–H and O–H groups in total. The first-order valence-corrected chi connectivity index (χ1v) is 7.55. The summed E-state index contributed by atoms with van der Waals surface area (Å²) in [6.07, 6.45) is 1.02. The summed E-state index contributed by atoms with van der Waals surface area (Å²) in [6, 6.07) is 14.9. The van der Waals surface area contributed by atoms with Crippen molar-refractivity contribution in [3.8, 4) is 0 Å². The quantitative estimate of drug-likeness (QED) is 0.723. The number of nitrogens with one attached hydrogen (secondary N) is 1. The third-order valence-corrected chi connectivity index (χ3v) is 4.38. The van der Waals surface area contributed by atoms with Crippen molar-refractivity contribution in [2.24, 2.45) is 0 Å². The molecule has 1 unspecified atom stereocenters. The second-order valence-corrected chi connectivity index (χ2v) is 5.91. The minimum absolute atomic E-state index is 0.304. The Balaban J connectivity index is 2.18. The van der Waals surface area contributed by atoms with E-state index in [-0.39, 0.29) is 0 Å². The SMILES string of the molecule is CCC(Nc1ccc(Br)c(Cl)c1)c1ccc(C)cc1. The summed E-state index contributed by atoms with van der Waals surface area (Å²) in [5.41, 5.74) is 3.62. The molecule has 19 heavy (non-hydrogen) atoms. The smallest absolute Gasteiger partial charge is 0.0568 e. The minimum atomic E-state index is 0.304. The average molecular weight is 339 g/mol. The Labute approximate surface area is 128 Å². The van der Waals surface area contributed by atoms with Crippen LogP contribution in [-0.4, -0.2) is 0 Å². The lowest BCUT2D eigenvalue weighted by Gasteiger charge is -2.19. The topological polar surface area (TPSA) is 12.0 Å². The highest BCUT2D eigenvalue weighted by Crippen LogP contribution is 2.28. The number of hydrogen-bond acceptors (Lipinski definition) is 1. The zero-order valence-corrected chi connectivity index (χ0v) is 13.4. The summed E-state index contributed by atoms with van der Waals surface area (Å²) in [5, 5.41) is 4.25. The molecule has 0 saturated carbocycles. The van der Waals surface area contributed by atoms with Gasteiger partial charge in [0.1, 0.15) is 0 Å². The molecule has 1 nitrogen and oxygen atoms in total. The molecule has 2 aromatic rings. The van der Waals surface area contributed by atoms with Gasteiger partial charge in [0.15, 0.2) is 0 Å². The lowest BCUT2D eigenvalue weighted by molar-refractivity contribution is 0.749. The van der Waals surface area contributed by atoms with Gasteiger partial charge < -0.3 is 5.32 Å². The van der Waals surface area contributed by atoms with Gasteiger partial charge in [-0.25, -0.2) is 0 Å². The lowest BCUT2D eigenvalue weighted by Crippen LogP contribution is -2.09. The molecule has 0 heterocycles. The zero-order valence-electron chi connectivity index (χ0n) is 11.1. The fourth-order valence-corrected chi connectivity index (χ4v) is 2.43. The first-order valence-electron chi connectivity index (χ1n) is 6.38. The van der Waals surface area contributed by atoms with Gasteiger partial charge in [-0.05, 0) is 53.0 Å². The van der Waals surface area contributed by atoms with Crippen LogP contribution in [0.1, 0.15) is 30.5 Å². The Hall–Kier alpha value is -0.990. The first-order chi connectivity index (χ1) is 9.10. The minimum Gasteiger partial charge on any atom is -0.378 e. The van der Waals surface area contributed by atoms with E-state index in [4.69, 9.17) is 11.6 Å². The van der Waals surface area contributed by atoms with Crippen molar-refractivity contribution in [3.05, 3.63) is 63.1 Å². The molecular formula is C16H17BrClN. The second kappa shape index (κ2) is 6.44. The maximum absolute atomic E-state index is 6.12. The lowest BCUT2D eigenvalue weighted by atomic mass is 10.0.